The zero-order valence-electron chi connectivity index (χ0n) is 11.7. The number of rotatable bonds is 8. The van der Waals surface area contributed by atoms with Gasteiger partial charge in [0, 0.05) is 32.7 Å². The Bertz CT molecular complexity index is 257. The topological polar surface area (TPSA) is 79.5 Å². The van der Waals surface area contributed by atoms with Crippen molar-refractivity contribution in [2.75, 3.05) is 26.8 Å². The normalized spacial score (nSPS) is 12.1. The fraction of sp³-hybridized carbons (Fsp3) is 0.833. The molecule has 1 atom stereocenters. The van der Waals surface area contributed by atoms with Gasteiger partial charge in [0.2, 0.25) is 5.91 Å². The van der Waals surface area contributed by atoms with Crippen LogP contribution in [0.25, 0.3) is 0 Å². The second-order valence-corrected chi connectivity index (χ2v) is 4.53. The molecule has 0 saturated carbocycles. The van der Waals surface area contributed by atoms with Crippen molar-refractivity contribution in [2.24, 2.45) is 5.92 Å². The first-order valence-corrected chi connectivity index (χ1v) is 6.27. The maximum atomic E-state index is 11.4. The first-order valence-electron chi connectivity index (χ1n) is 6.27. The Hall–Kier alpha value is -1.30. The lowest BCUT2D eigenvalue weighted by Crippen LogP contribution is -2.44. The van der Waals surface area contributed by atoms with Crippen molar-refractivity contribution in [1.29, 1.82) is 0 Å². The number of urea groups is 1. The molecule has 0 rings (SSSR count). The zero-order chi connectivity index (χ0) is 14.0. The largest absolute Gasteiger partial charge is 0.383 e. The molecule has 0 aliphatic carbocycles. The summed E-state index contributed by atoms with van der Waals surface area (Å²) in [5, 5.41) is 8.13. The maximum absolute atomic E-state index is 11.4. The monoisotopic (exact) mass is 259 g/mol. The predicted octanol–water partition coefficient (Wildman–Crippen LogP) is 0.483. The van der Waals surface area contributed by atoms with E-state index in [9.17, 15) is 9.59 Å². The van der Waals surface area contributed by atoms with E-state index in [-0.39, 0.29) is 24.4 Å². The molecule has 6 heteroatoms. The van der Waals surface area contributed by atoms with Crippen LogP contribution in [-0.2, 0) is 9.53 Å². The van der Waals surface area contributed by atoms with E-state index in [1.807, 2.05) is 20.8 Å². The molecule has 18 heavy (non-hydrogen) atoms. The van der Waals surface area contributed by atoms with Crippen molar-refractivity contribution in [3.05, 3.63) is 0 Å². The molecule has 0 aliphatic rings. The number of hydrogen-bond acceptors (Lipinski definition) is 3. The number of nitrogens with one attached hydrogen (secondary N) is 3. The van der Waals surface area contributed by atoms with Crippen LogP contribution in [0.15, 0.2) is 0 Å². The fourth-order valence-corrected chi connectivity index (χ4v) is 1.09. The molecule has 0 aromatic heterocycles. The van der Waals surface area contributed by atoms with Crippen LogP contribution < -0.4 is 16.0 Å². The average Bonchev–Trinajstić information content (AvgIpc) is 2.29. The number of ether oxygens (including phenoxy) is 1. The van der Waals surface area contributed by atoms with E-state index in [4.69, 9.17) is 4.74 Å². The van der Waals surface area contributed by atoms with Crippen LogP contribution in [0.5, 0.6) is 0 Å². The zero-order valence-corrected chi connectivity index (χ0v) is 11.7. The fourth-order valence-electron chi connectivity index (χ4n) is 1.09. The Kier molecular flexibility index (Phi) is 9.00. The summed E-state index contributed by atoms with van der Waals surface area (Å²) in [7, 11) is 1.58. The van der Waals surface area contributed by atoms with Crippen molar-refractivity contribution >= 4 is 11.9 Å². The molecule has 0 heterocycles. The molecule has 3 N–H and O–H groups in total. The summed E-state index contributed by atoms with van der Waals surface area (Å²) >= 11 is 0. The third kappa shape index (κ3) is 8.81. The van der Waals surface area contributed by atoms with E-state index in [1.165, 1.54) is 0 Å². The van der Waals surface area contributed by atoms with Crippen molar-refractivity contribution in [1.82, 2.24) is 16.0 Å². The van der Waals surface area contributed by atoms with E-state index in [1.54, 1.807) is 7.11 Å². The first kappa shape index (κ1) is 16.7. The quantitative estimate of drug-likeness (QED) is 0.555. The third-order valence-corrected chi connectivity index (χ3v) is 2.62. The summed E-state index contributed by atoms with van der Waals surface area (Å²) in [6.07, 6.45) is 0.271. The van der Waals surface area contributed by atoms with Crippen LogP contribution in [-0.4, -0.2) is 44.8 Å². The van der Waals surface area contributed by atoms with Crippen molar-refractivity contribution < 1.29 is 14.3 Å². The van der Waals surface area contributed by atoms with Gasteiger partial charge < -0.3 is 20.7 Å². The van der Waals surface area contributed by atoms with Gasteiger partial charge in [-0.2, -0.15) is 0 Å². The van der Waals surface area contributed by atoms with Gasteiger partial charge in [-0.3, -0.25) is 4.79 Å². The number of carbonyl (C=O) groups is 2. The summed E-state index contributed by atoms with van der Waals surface area (Å²) in [6, 6.07) is -0.124. The van der Waals surface area contributed by atoms with Crippen LogP contribution >= 0.6 is 0 Å². The molecule has 6 nitrogen and oxygen atoms in total. The maximum Gasteiger partial charge on any atom is 0.315 e. The minimum absolute atomic E-state index is 0.0933. The van der Waals surface area contributed by atoms with Gasteiger partial charge in [-0.25, -0.2) is 4.79 Å². The molecule has 0 aliphatic heterocycles. The van der Waals surface area contributed by atoms with Crippen molar-refractivity contribution in [3.8, 4) is 0 Å². The molecule has 3 amide bonds. The molecule has 0 spiro atoms. The number of hydrogen-bond donors (Lipinski definition) is 3. The summed E-state index contributed by atoms with van der Waals surface area (Å²) in [4.78, 5) is 22.7. The molecular formula is C12H25N3O3. The van der Waals surface area contributed by atoms with E-state index in [2.05, 4.69) is 16.0 Å². The second-order valence-electron chi connectivity index (χ2n) is 4.53. The van der Waals surface area contributed by atoms with Crippen LogP contribution in [0, 0.1) is 5.92 Å². The Balaban J connectivity index is 3.58. The molecule has 0 aromatic rings. The second kappa shape index (κ2) is 9.70. The minimum atomic E-state index is -0.235. The molecule has 0 fully saturated rings. The smallest absolute Gasteiger partial charge is 0.315 e. The SMILES string of the molecule is COCCNC(=O)CCNC(=O)NC(C)C(C)C. The number of carbonyl (C=O) groups excluding carboxylic acids is 2. The van der Waals surface area contributed by atoms with Gasteiger partial charge in [-0.05, 0) is 12.8 Å². The predicted molar refractivity (Wildman–Crippen MR) is 70.3 cm³/mol. The van der Waals surface area contributed by atoms with Crippen LogP contribution in [0.4, 0.5) is 4.79 Å². The van der Waals surface area contributed by atoms with Gasteiger partial charge in [0.05, 0.1) is 6.61 Å². The van der Waals surface area contributed by atoms with Crippen LogP contribution in [0.1, 0.15) is 27.2 Å². The number of amides is 3. The standard InChI is InChI=1S/C12H25N3O3/c1-9(2)10(3)15-12(17)14-6-5-11(16)13-7-8-18-4/h9-10H,5-8H2,1-4H3,(H,13,16)(H2,14,15,17). The molecule has 0 aromatic carbocycles. The summed E-state index contributed by atoms with van der Waals surface area (Å²) in [5.41, 5.74) is 0. The van der Waals surface area contributed by atoms with E-state index in [0.29, 0.717) is 25.6 Å². The van der Waals surface area contributed by atoms with Crippen molar-refractivity contribution in [2.45, 2.75) is 33.2 Å². The van der Waals surface area contributed by atoms with Gasteiger partial charge in [0.25, 0.3) is 0 Å². The Labute approximate surface area is 109 Å². The van der Waals surface area contributed by atoms with Gasteiger partial charge in [-0.15, -0.1) is 0 Å². The Morgan fingerprint density at radius 1 is 1.11 bits per heavy atom. The van der Waals surface area contributed by atoms with Gasteiger partial charge in [-0.1, -0.05) is 13.8 Å². The molecular weight excluding hydrogens is 234 g/mol. The lowest BCUT2D eigenvalue weighted by molar-refractivity contribution is -0.121. The summed E-state index contributed by atoms with van der Waals surface area (Å²) in [6.45, 7) is 7.33. The van der Waals surface area contributed by atoms with E-state index >= 15 is 0 Å². The van der Waals surface area contributed by atoms with Crippen molar-refractivity contribution in [3.63, 3.8) is 0 Å². The van der Waals surface area contributed by atoms with Gasteiger partial charge in [0.1, 0.15) is 0 Å². The van der Waals surface area contributed by atoms with E-state index in [0.717, 1.165) is 0 Å². The highest BCUT2D eigenvalue weighted by atomic mass is 16.5. The first-order chi connectivity index (χ1) is 8.47. The summed E-state index contributed by atoms with van der Waals surface area (Å²) < 4.78 is 4.81. The Morgan fingerprint density at radius 2 is 1.78 bits per heavy atom. The molecule has 106 valence electrons. The lowest BCUT2D eigenvalue weighted by atomic mass is 10.1. The molecule has 0 radical (unpaired) electrons. The van der Waals surface area contributed by atoms with Gasteiger partial charge >= 0.3 is 6.03 Å². The Morgan fingerprint density at radius 3 is 2.33 bits per heavy atom. The van der Waals surface area contributed by atoms with Crippen LogP contribution in [0.3, 0.4) is 0 Å². The van der Waals surface area contributed by atoms with Crippen LogP contribution in [0.2, 0.25) is 0 Å². The minimum Gasteiger partial charge on any atom is -0.383 e. The van der Waals surface area contributed by atoms with Gasteiger partial charge in [0.15, 0.2) is 0 Å². The molecule has 0 saturated heterocycles. The number of methoxy groups -OCH3 is 1. The lowest BCUT2D eigenvalue weighted by Gasteiger charge is -2.17. The molecule has 1 unspecified atom stereocenters. The third-order valence-electron chi connectivity index (χ3n) is 2.62. The summed E-state index contributed by atoms with van der Waals surface area (Å²) in [5.74, 6) is 0.289. The highest BCUT2D eigenvalue weighted by molar-refractivity contribution is 5.78. The highest BCUT2D eigenvalue weighted by Crippen LogP contribution is 1.98. The highest BCUT2D eigenvalue weighted by Gasteiger charge is 2.10. The van der Waals surface area contributed by atoms with E-state index < -0.39 is 0 Å². The average molecular weight is 259 g/mol. The molecule has 0 bridgehead atoms.